The van der Waals surface area contributed by atoms with Crippen molar-refractivity contribution in [1.82, 2.24) is 5.16 Å². The third-order valence-electron chi connectivity index (χ3n) is 4.19. The van der Waals surface area contributed by atoms with Gasteiger partial charge in [-0.3, -0.25) is 0 Å². The zero-order chi connectivity index (χ0) is 20.8. The number of ether oxygens (including phenoxy) is 5. The van der Waals surface area contributed by atoms with E-state index < -0.39 is 5.97 Å². The zero-order valence-corrected chi connectivity index (χ0v) is 16.6. The van der Waals surface area contributed by atoms with Crippen LogP contribution in [0.15, 0.2) is 47.0 Å². The molecule has 0 atom stereocenters. The van der Waals surface area contributed by atoms with Gasteiger partial charge in [-0.15, -0.1) is 0 Å². The molecule has 0 amide bonds. The highest BCUT2D eigenvalue weighted by Gasteiger charge is 2.18. The van der Waals surface area contributed by atoms with Gasteiger partial charge in [0.05, 0.1) is 34.0 Å². The molecule has 0 spiro atoms. The van der Waals surface area contributed by atoms with Crippen molar-refractivity contribution in [3.8, 4) is 34.3 Å². The fourth-order valence-electron chi connectivity index (χ4n) is 2.69. The van der Waals surface area contributed by atoms with Gasteiger partial charge in [0.2, 0.25) is 5.75 Å². The minimum atomic E-state index is -0.557. The second kappa shape index (κ2) is 9.01. The lowest BCUT2D eigenvalue weighted by Gasteiger charge is -2.13. The number of esters is 1. The summed E-state index contributed by atoms with van der Waals surface area (Å²) < 4.78 is 31.6. The molecule has 8 heteroatoms. The number of nitrogens with zero attached hydrogens (tertiary/aromatic N) is 1. The maximum absolute atomic E-state index is 12.5. The summed E-state index contributed by atoms with van der Waals surface area (Å²) >= 11 is 0. The molecule has 0 fully saturated rings. The summed E-state index contributed by atoms with van der Waals surface area (Å²) in [5, 5.41) is 3.94. The Morgan fingerprint density at radius 1 is 0.897 bits per heavy atom. The molecule has 0 N–H and O–H groups in total. The Kier molecular flexibility index (Phi) is 6.23. The fraction of sp³-hybridized carbons (Fsp3) is 0.238. The van der Waals surface area contributed by atoms with E-state index in [1.54, 1.807) is 13.2 Å². The topological polar surface area (TPSA) is 89.3 Å². The van der Waals surface area contributed by atoms with Crippen molar-refractivity contribution in [2.45, 2.75) is 6.61 Å². The minimum absolute atomic E-state index is 0.0465. The van der Waals surface area contributed by atoms with Crippen LogP contribution in [-0.4, -0.2) is 39.6 Å². The van der Waals surface area contributed by atoms with Gasteiger partial charge >= 0.3 is 5.97 Å². The van der Waals surface area contributed by atoms with E-state index in [-0.39, 0.29) is 12.2 Å². The molecule has 0 aliphatic heterocycles. The Balaban J connectivity index is 1.70. The number of carbonyl (C=O) groups excluding carboxylic acids is 1. The van der Waals surface area contributed by atoms with Crippen molar-refractivity contribution in [3.05, 3.63) is 53.7 Å². The number of hydrogen-bond acceptors (Lipinski definition) is 8. The van der Waals surface area contributed by atoms with Crippen LogP contribution in [0.1, 0.15) is 16.1 Å². The van der Waals surface area contributed by atoms with Crippen molar-refractivity contribution < 1.29 is 33.0 Å². The Labute approximate surface area is 167 Å². The Morgan fingerprint density at radius 3 is 2.10 bits per heavy atom. The molecular formula is C21H21NO7. The molecule has 1 aromatic heterocycles. The quantitative estimate of drug-likeness (QED) is 0.529. The van der Waals surface area contributed by atoms with Gasteiger partial charge < -0.3 is 28.2 Å². The van der Waals surface area contributed by atoms with Gasteiger partial charge in [0.25, 0.3) is 0 Å². The number of benzene rings is 2. The van der Waals surface area contributed by atoms with E-state index in [0.717, 1.165) is 11.3 Å². The van der Waals surface area contributed by atoms with E-state index in [4.69, 9.17) is 28.2 Å². The normalized spacial score (nSPS) is 10.3. The highest BCUT2D eigenvalue weighted by atomic mass is 16.5. The number of carbonyl (C=O) groups is 1. The van der Waals surface area contributed by atoms with Crippen LogP contribution in [0.3, 0.4) is 0 Å². The molecule has 2 aromatic carbocycles. The first-order chi connectivity index (χ1) is 14.1. The van der Waals surface area contributed by atoms with E-state index in [1.165, 1.54) is 33.5 Å². The standard InChI is InChI=1S/C21H21NO7/c1-24-16-7-5-13(6-8-16)17-11-15(22-29-17)12-28-21(23)14-9-18(25-2)20(27-4)19(10-14)26-3/h5-11H,12H2,1-4H3. The molecule has 0 saturated heterocycles. The van der Waals surface area contributed by atoms with Crippen LogP contribution in [0.4, 0.5) is 0 Å². The second-order valence-corrected chi connectivity index (χ2v) is 5.90. The van der Waals surface area contributed by atoms with Crippen LogP contribution in [0, 0.1) is 0 Å². The molecule has 29 heavy (non-hydrogen) atoms. The third-order valence-corrected chi connectivity index (χ3v) is 4.19. The SMILES string of the molecule is COc1ccc(-c2cc(COC(=O)c3cc(OC)c(OC)c(OC)c3)no2)cc1. The van der Waals surface area contributed by atoms with Crippen molar-refractivity contribution in [1.29, 1.82) is 0 Å². The van der Waals surface area contributed by atoms with Gasteiger partial charge in [-0.1, -0.05) is 5.16 Å². The Morgan fingerprint density at radius 2 is 1.55 bits per heavy atom. The molecule has 1 heterocycles. The molecule has 3 rings (SSSR count). The van der Waals surface area contributed by atoms with Gasteiger partial charge in [0, 0.05) is 11.6 Å². The third kappa shape index (κ3) is 4.43. The van der Waals surface area contributed by atoms with Gasteiger partial charge in [-0.25, -0.2) is 4.79 Å². The molecule has 0 bridgehead atoms. The summed E-state index contributed by atoms with van der Waals surface area (Å²) in [4.78, 5) is 12.5. The maximum atomic E-state index is 12.5. The molecule has 0 radical (unpaired) electrons. The summed E-state index contributed by atoms with van der Waals surface area (Å²) in [6, 6.07) is 12.1. The number of aromatic nitrogens is 1. The van der Waals surface area contributed by atoms with E-state index >= 15 is 0 Å². The Hall–Kier alpha value is -3.68. The van der Waals surface area contributed by atoms with E-state index in [0.29, 0.717) is 28.7 Å². The van der Waals surface area contributed by atoms with Gasteiger partial charge in [-0.05, 0) is 36.4 Å². The highest BCUT2D eigenvalue weighted by molar-refractivity contribution is 5.91. The Bertz CT molecular complexity index is 954. The molecule has 152 valence electrons. The van der Waals surface area contributed by atoms with Crippen molar-refractivity contribution in [2.24, 2.45) is 0 Å². The molecule has 0 unspecified atom stereocenters. The van der Waals surface area contributed by atoms with Crippen molar-refractivity contribution in [2.75, 3.05) is 28.4 Å². The summed E-state index contributed by atoms with van der Waals surface area (Å²) in [6.45, 7) is -0.0465. The van der Waals surface area contributed by atoms with Crippen LogP contribution in [-0.2, 0) is 11.3 Å². The summed E-state index contributed by atoms with van der Waals surface area (Å²) in [7, 11) is 6.04. The number of rotatable bonds is 8. The van der Waals surface area contributed by atoms with Crippen LogP contribution in [0.5, 0.6) is 23.0 Å². The molecule has 3 aromatic rings. The van der Waals surface area contributed by atoms with Gasteiger partial charge in [0.15, 0.2) is 17.3 Å². The lowest BCUT2D eigenvalue weighted by atomic mass is 10.1. The first kappa shape index (κ1) is 20.1. The van der Waals surface area contributed by atoms with Crippen LogP contribution < -0.4 is 18.9 Å². The van der Waals surface area contributed by atoms with Crippen LogP contribution >= 0.6 is 0 Å². The van der Waals surface area contributed by atoms with Gasteiger partial charge in [0.1, 0.15) is 18.1 Å². The number of hydrogen-bond donors (Lipinski definition) is 0. The zero-order valence-electron chi connectivity index (χ0n) is 16.6. The molecule has 8 nitrogen and oxygen atoms in total. The molecule has 0 aliphatic rings. The lowest BCUT2D eigenvalue weighted by Crippen LogP contribution is -2.07. The molecular weight excluding hydrogens is 378 g/mol. The molecule has 0 aliphatic carbocycles. The predicted octanol–water partition coefficient (Wildman–Crippen LogP) is 3.73. The van der Waals surface area contributed by atoms with E-state index in [1.807, 2.05) is 24.3 Å². The van der Waals surface area contributed by atoms with Crippen LogP contribution in [0.25, 0.3) is 11.3 Å². The predicted molar refractivity (Wildman–Crippen MR) is 104 cm³/mol. The lowest BCUT2D eigenvalue weighted by molar-refractivity contribution is 0.0463. The number of methoxy groups -OCH3 is 4. The first-order valence-electron chi connectivity index (χ1n) is 8.66. The second-order valence-electron chi connectivity index (χ2n) is 5.90. The smallest absolute Gasteiger partial charge is 0.338 e. The summed E-state index contributed by atoms with van der Waals surface area (Å²) in [5.74, 6) is 1.87. The van der Waals surface area contributed by atoms with E-state index in [2.05, 4.69) is 5.16 Å². The average molecular weight is 399 g/mol. The monoisotopic (exact) mass is 399 g/mol. The highest BCUT2D eigenvalue weighted by Crippen LogP contribution is 2.38. The van der Waals surface area contributed by atoms with Crippen molar-refractivity contribution >= 4 is 5.97 Å². The first-order valence-corrected chi connectivity index (χ1v) is 8.66. The summed E-state index contributed by atoms with van der Waals surface area (Å²) in [5.41, 5.74) is 1.58. The minimum Gasteiger partial charge on any atom is -0.497 e. The van der Waals surface area contributed by atoms with Gasteiger partial charge in [-0.2, -0.15) is 0 Å². The largest absolute Gasteiger partial charge is 0.497 e. The van der Waals surface area contributed by atoms with Crippen LogP contribution in [0.2, 0.25) is 0 Å². The maximum Gasteiger partial charge on any atom is 0.338 e. The molecule has 0 saturated carbocycles. The fourth-order valence-corrected chi connectivity index (χ4v) is 2.69. The average Bonchev–Trinajstić information content (AvgIpc) is 3.25. The van der Waals surface area contributed by atoms with Crippen molar-refractivity contribution in [3.63, 3.8) is 0 Å². The van der Waals surface area contributed by atoms with E-state index in [9.17, 15) is 4.79 Å². The summed E-state index contributed by atoms with van der Waals surface area (Å²) in [6.07, 6.45) is 0.